The molecule has 4 heteroatoms. The molecule has 1 aromatic rings. The zero-order valence-corrected chi connectivity index (χ0v) is 13.2. The van der Waals surface area contributed by atoms with E-state index in [9.17, 15) is 4.79 Å². The molecule has 1 aliphatic rings. The maximum Gasteiger partial charge on any atom is 0.331 e. The van der Waals surface area contributed by atoms with Crippen molar-refractivity contribution in [3.8, 4) is 0 Å². The number of ether oxygens (including phenoxy) is 1. The Morgan fingerprint density at radius 1 is 1.33 bits per heavy atom. The Labute approximate surface area is 127 Å². The van der Waals surface area contributed by atoms with E-state index in [2.05, 4.69) is 18.7 Å². The Balaban J connectivity index is 2.26. The van der Waals surface area contributed by atoms with Crippen molar-refractivity contribution in [1.29, 1.82) is 0 Å². The van der Waals surface area contributed by atoms with E-state index in [4.69, 9.17) is 10.5 Å². The maximum atomic E-state index is 12.3. The monoisotopic (exact) mass is 290 g/mol. The molecule has 0 bridgehead atoms. The van der Waals surface area contributed by atoms with Gasteiger partial charge in [-0.25, -0.2) is 4.79 Å². The van der Waals surface area contributed by atoms with Gasteiger partial charge in [-0.15, -0.1) is 0 Å². The number of hydrogen-bond acceptors (Lipinski definition) is 4. The molecule has 21 heavy (non-hydrogen) atoms. The first-order valence-electron chi connectivity index (χ1n) is 7.64. The summed E-state index contributed by atoms with van der Waals surface area (Å²) < 4.78 is 4.98. The van der Waals surface area contributed by atoms with Gasteiger partial charge < -0.3 is 10.5 Å². The third-order valence-corrected chi connectivity index (χ3v) is 4.54. The number of rotatable bonds is 4. The first-order valence-corrected chi connectivity index (χ1v) is 7.64. The molecule has 0 spiro atoms. The average Bonchev–Trinajstić information content (AvgIpc) is 2.50. The maximum absolute atomic E-state index is 12.3. The Kier molecular flexibility index (Phi) is 5.01. The SMILES string of the molecule is COC(=O)C(N)(CN1CC(C)CCC1C)c1ccccc1. The number of carbonyl (C=O) groups excluding carboxylic acids is 1. The van der Waals surface area contributed by atoms with Gasteiger partial charge in [-0.05, 0) is 31.2 Å². The first kappa shape index (κ1) is 16.0. The molecule has 0 aliphatic carbocycles. The molecule has 3 unspecified atom stereocenters. The lowest BCUT2D eigenvalue weighted by atomic mass is 9.87. The van der Waals surface area contributed by atoms with Crippen LogP contribution in [0, 0.1) is 5.92 Å². The van der Waals surface area contributed by atoms with Crippen LogP contribution in [0.2, 0.25) is 0 Å². The summed E-state index contributed by atoms with van der Waals surface area (Å²) in [4.78, 5) is 14.6. The molecule has 0 amide bonds. The molecular formula is C17H26N2O2. The molecule has 0 aromatic heterocycles. The number of hydrogen-bond donors (Lipinski definition) is 1. The minimum atomic E-state index is -1.11. The van der Waals surface area contributed by atoms with Gasteiger partial charge in [0.1, 0.15) is 0 Å². The smallest absolute Gasteiger partial charge is 0.331 e. The van der Waals surface area contributed by atoms with E-state index in [0.717, 1.165) is 18.5 Å². The number of nitrogens with two attached hydrogens (primary N) is 1. The summed E-state index contributed by atoms with van der Waals surface area (Å²) in [5.74, 6) is 0.262. The number of piperidine rings is 1. The minimum absolute atomic E-state index is 0.376. The Bertz CT molecular complexity index is 477. The van der Waals surface area contributed by atoms with Crippen LogP contribution in [0.25, 0.3) is 0 Å². The molecule has 1 aromatic carbocycles. The molecule has 1 fully saturated rings. The van der Waals surface area contributed by atoms with Crippen molar-refractivity contribution in [2.45, 2.75) is 38.3 Å². The summed E-state index contributed by atoms with van der Waals surface area (Å²) in [5.41, 5.74) is 6.19. The minimum Gasteiger partial charge on any atom is -0.467 e. The largest absolute Gasteiger partial charge is 0.467 e. The normalized spacial score (nSPS) is 26.1. The molecule has 2 rings (SSSR count). The summed E-state index contributed by atoms with van der Waals surface area (Å²) >= 11 is 0. The number of esters is 1. The zero-order valence-electron chi connectivity index (χ0n) is 13.2. The molecule has 0 saturated carbocycles. The fourth-order valence-corrected chi connectivity index (χ4v) is 3.11. The van der Waals surface area contributed by atoms with Gasteiger partial charge in [0.15, 0.2) is 5.54 Å². The predicted octanol–water partition coefficient (Wildman–Crippen LogP) is 2.13. The summed E-state index contributed by atoms with van der Waals surface area (Å²) in [6, 6.07) is 9.97. The molecule has 1 heterocycles. The van der Waals surface area contributed by atoms with Gasteiger partial charge in [0.2, 0.25) is 0 Å². The summed E-state index contributed by atoms with van der Waals surface area (Å²) in [7, 11) is 1.40. The van der Waals surface area contributed by atoms with Crippen LogP contribution in [0.1, 0.15) is 32.3 Å². The molecule has 0 radical (unpaired) electrons. The standard InChI is InChI=1S/C17H26N2O2/c1-13-9-10-14(2)19(11-13)12-17(18,16(20)21-3)15-7-5-4-6-8-15/h4-8,13-14H,9-12,18H2,1-3H3. The van der Waals surface area contributed by atoms with E-state index in [1.165, 1.54) is 13.5 Å². The number of carbonyl (C=O) groups is 1. The number of nitrogens with zero attached hydrogens (tertiary/aromatic N) is 1. The van der Waals surface area contributed by atoms with E-state index >= 15 is 0 Å². The molecule has 116 valence electrons. The Hall–Kier alpha value is -1.39. The van der Waals surface area contributed by atoms with E-state index in [0.29, 0.717) is 18.5 Å². The molecule has 4 nitrogen and oxygen atoms in total. The molecule has 1 saturated heterocycles. The number of benzene rings is 1. The third-order valence-electron chi connectivity index (χ3n) is 4.54. The number of likely N-dealkylation sites (tertiary alicyclic amines) is 1. The van der Waals surface area contributed by atoms with E-state index in [1.54, 1.807) is 0 Å². The Morgan fingerprint density at radius 2 is 2.00 bits per heavy atom. The lowest BCUT2D eigenvalue weighted by Gasteiger charge is -2.41. The highest BCUT2D eigenvalue weighted by molar-refractivity contribution is 5.82. The van der Waals surface area contributed by atoms with Gasteiger partial charge in [-0.3, -0.25) is 4.90 Å². The van der Waals surface area contributed by atoms with Crippen molar-refractivity contribution in [2.75, 3.05) is 20.2 Å². The van der Waals surface area contributed by atoms with Crippen molar-refractivity contribution < 1.29 is 9.53 Å². The summed E-state index contributed by atoms with van der Waals surface area (Å²) in [6.45, 7) is 5.92. The second-order valence-electron chi connectivity index (χ2n) is 6.29. The van der Waals surface area contributed by atoms with Gasteiger partial charge in [-0.2, -0.15) is 0 Å². The van der Waals surface area contributed by atoms with Crippen LogP contribution in [0.3, 0.4) is 0 Å². The fourth-order valence-electron chi connectivity index (χ4n) is 3.11. The lowest BCUT2D eigenvalue weighted by molar-refractivity contribution is -0.148. The number of methoxy groups -OCH3 is 1. The van der Waals surface area contributed by atoms with Crippen molar-refractivity contribution >= 4 is 5.97 Å². The molecule has 1 aliphatic heterocycles. The highest BCUT2D eigenvalue weighted by Crippen LogP contribution is 2.27. The average molecular weight is 290 g/mol. The van der Waals surface area contributed by atoms with E-state index in [-0.39, 0.29) is 5.97 Å². The molecule has 3 atom stereocenters. The van der Waals surface area contributed by atoms with Gasteiger partial charge in [0.05, 0.1) is 7.11 Å². The van der Waals surface area contributed by atoms with Crippen LogP contribution in [0.15, 0.2) is 30.3 Å². The summed E-state index contributed by atoms with van der Waals surface area (Å²) in [6.07, 6.45) is 2.38. The van der Waals surface area contributed by atoms with Crippen molar-refractivity contribution in [2.24, 2.45) is 11.7 Å². The second-order valence-corrected chi connectivity index (χ2v) is 6.29. The lowest BCUT2D eigenvalue weighted by Crippen LogP contribution is -2.57. The van der Waals surface area contributed by atoms with E-state index < -0.39 is 5.54 Å². The second kappa shape index (κ2) is 6.58. The van der Waals surface area contributed by atoms with Crippen LogP contribution in [-0.2, 0) is 15.1 Å². The van der Waals surface area contributed by atoms with Crippen LogP contribution >= 0.6 is 0 Å². The topological polar surface area (TPSA) is 55.6 Å². The highest BCUT2D eigenvalue weighted by atomic mass is 16.5. The van der Waals surface area contributed by atoms with Gasteiger partial charge in [0, 0.05) is 19.1 Å². The van der Waals surface area contributed by atoms with Gasteiger partial charge >= 0.3 is 5.97 Å². The highest BCUT2D eigenvalue weighted by Gasteiger charge is 2.40. The van der Waals surface area contributed by atoms with Crippen LogP contribution in [0.5, 0.6) is 0 Å². The predicted molar refractivity (Wildman–Crippen MR) is 83.8 cm³/mol. The van der Waals surface area contributed by atoms with Crippen molar-refractivity contribution in [1.82, 2.24) is 4.90 Å². The van der Waals surface area contributed by atoms with E-state index in [1.807, 2.05) is 30.3 Å². The first-order chi connectivity index (χ1) is 9.97. The van der Waals surface area contributed by atoms with Crippen LogP contribution in [-0.4, -0.2) is 37.1 Å². The van der Waals surface area contributed by atoms with Crippen LogP contribution < -0.4 is 5.73 Å². The zero-order chi connectivity index (χ0) is 15.5. The summed E-state index contributed by atoms with van der Waals surface area (Å²) in [5, 5.41) is 0. The van der Waals surface area contributed by atoms with Crippen LogP contribution in [0.4, 0.5) is 0 Å². The van der Waals surface area contributed by atoms with Crippen molar-refractivity contribution in [3.63, 3.8) is 0 Å². The fraction of sp³-hybridized carbons (Fsp3) is 0.588. The van der Waals surface area contributed by atoms with Gasteiger partial charge in [0.25, 0.3) is 0 Å². The van der Waals surface area contributed by atoms with Gasteiger partial charge in [-0.1, -0.05) is 37.3 Å². The third kappa shape index (κ3) is 3.44. The quantitative estimate of drug-likeness (QED) is 0.863. The molecule has 2 N–H and O–H groups in total. The Morgan fingerprint density at radius 3 is 2.62 bits per heavy atom. The molecular weight excluding hydrogens is 264 g/mol. The van der Waals surface area contributed by atoms with Crippen molar-refractivity contribution in [3.05, 3.63) is 35.9 Å².